The SMILES string of the molecule is COc1ccc(C(=O)N(CC(=O)N(Cc2ccccc2)Cc2cccs2)C2CC2)cc1. The number of rotatable bonds is 9. The van der Waals surface area contributed by atoms with Crippen molar-refractivity contribution in [2.45, 2.75) is 32.0 Å². The summed E-state index contributed by atoms with van der Waals surface area (Å²) < 4.78 is 5.19. The van der Waals surface area contributed by atoms with Crippen LogP contribution in [0.5, 0.6) is 5.75 Å². The number of carbonyl (C=O) groups excluding carboxylic acids is 2. The number of amides is 2. The summed E-state index contributed by atoms with van der Waals surface area (Å²) in [5, 5.41) is 2.02. The van der Waals surface area contributed by atoms with E-state index in [9.17, 15) is 9.59 Å². The van der Waals surface area contributed by atoms with Crippen LogP contribution in [0.25, 0.3) is 0 Å². The molecular formula is C25H26N2O3S. The average molecular weight is 435 g/mol. The largest absolute Gasteiger partial charge is 0.497 e. The first-order chi connectivity index (χ1) is 15.1. The Balaban J connectivity index is 1.50. The molecule has 1 aliphatic rings. The van der Waals surface area contributed by atoms with Crippen molar-refractivity contribution >= 4 is 23.2 Å². The van der Waals surface area contributed by atoms with Crippen LogP contribution < -0.4 is 4.74 Å². The number of hydrogen-bond donors (Lipinski definition) is 0. The van der Waals surface area contributed by atoms with Crippen molar-refractivity contribution < 1.29 is 14.3 Å². The Hall–Kier alpha value is -3.12. The molecule has 1 aliphatic carbocycles. The average Bonchev–Trinajstić information content (AvgIpc) is 3.52. The van der Waals surface area contributed by atoms with E-state index in [0.29, 0.717) is 24.4 Å². The van der Waals surface area contributed by atoms with Gasteiger partial charge < -0.3 is 14.5 Å². The lowest BCUT2D eigenvalue weighted by atomic mass is 10.1. The van der Waals surface area contributed by atoms with Gasteiger partial charge in [-0.1, -0.05) is 36.4 Å². The van der Waals surface area contributed by atoms with Gasteiger partial charge >= 0.3 is 0 Å². The van der Waals surface area contributed by atoms with Crippen LogP contribution in [0.15, 0.2) is 72.1 Å². The first kappa shape index (κ1) is 21.1. The number of ether oxygens (including phenoxy) is 1. The molecule has 0 spiro atoms. The molecule has 0 saturated heterocycles. The molecule has 1 saturated carbocycles. The summed E-state index contributed by atoms with van der Waals surface area (Å²) in [4.78, 5) is 31.3. The minimum Gasteiger partial charge on any atom is -0.497 e. The second-order valence-electron chi connectivity index (χ2n) is 7.71. The van der Waals surface area contributed by atoms with Gasteiger partial charge in [0.2, 0.25) is 5.91 Å². The highest BCUT2D eigenvalue weighted by molar-refractivity contribution is 7.09. The molecule has 0 N–H and O–H groups in total. The molecule has 0 atom stereocenters. The number of benzene rings is 2. The molecule has 0 radical (unpaired) electrons. The fraction of sp³-hybridized carbons (Fsp3) is 0.280. The van der Waals surface area contributed by atoms with Crippen molar-refractivity contribution in [2.75, 3.05) is 13.7 Å². The molecule has 0 unspecified atom stereocenters. The van der Waals surface area contributed by atoms with Crippen LogP contribution in [-0.2, 0) is 17.9 Å². The van der Waals surface area contributed by atoms with Crippen molar-refractivity contribution in [3.8, 4) is 5.75 Å². The van der Waals surface area contributed by atoms with Crippen molar-refractivity contribution in [1.29, 1.82) is 0 Å². The highest BCUT2D eigenvalue weighted by atomic mass is 32.1. The van der Waals surface area contributed by atoms with Gasteiger partial charge in [0.25, 0.3) is 5.91 Å². The second kappa shape index (κ2) is 9.79. The van der Waals surface area contributed by atoms with Gasteiger partial charge in [0, 0.05) is 23.0 Å². The zero-order chi connectivity index (χ0) is 21.6. The van der Waals surface area contributed by atoms with Gasteiger partial charge in [-0.3, -0.25) is 9.59 Å². The number of carbonyl (C=O) groups is 2. The van der Waals surface area contributed by atoms with Gasteiger partial charge in [0.05, 0.1) is 13.7 Å². The minimum absolute atomic E-state index is 0.0361. The first-order valence-electron chi connectivity index (χ1n) is 10.4. The monoisotopic (exact) mass is 434 g/mol. The van der Waals surface area contributed by atoms with E-state index in [1.165, 1.54) is 0 Å². The lowest BCUT2D eigenvalue weighted by molar-refractivity contribution is -0.133. The molecule has 5 nitrogen and oxygen atoms in total. The van der Waals surface area contributed by atoms with Gasteiger partial charge in [-0.25, -0.2) is 0 Å². The minimum atomic E-state index is -0.103. The molecule has 4 rings (SSSR count). The zero-order valence-electron chi connectivity index (χ0n) is 17.6. The molecule has 31 heavy (non-hydrogen) atoms. The van der Waals surface area contributed by atoms with E-state index in [4.69, 9.17) is 4.74 Å². The van der Waals surface area contributed by atoms with Gasteiger partial charge in [-0.05, 0) is 54.1 Å². The summed E-state index contributed by atoms with van der Waals surface area (Å²) >= 11 is 1.64. The van der Waals surface area contributed by atoms with Crippen molar-refractivity contribution in [3.63, 3.8) is 0 Å². The highest BCUT2D eigenvalue weighted by Crippen LogP contribution is 2.29. The number of methoxy groups -OCH3 is 1. The van der Waals surface area contributed by atoms with E-state index < -0.39 is 0 Å². The third-order valence-corrected chi connectivity index (χ3v) is 6.25. The summed E-state index contributed by atoms with van der Waals surface area (Å²) in [5.74, 6) is 0.566. The third kappa shape index (κ3) is 5.52. The summed E-state index contributed by atoms with van der Waals surface area (Å²) in [6.45, 7) is 1.15. The van der Waals surface area contributed by atoms with Gasteiger partial charge in [0.1, 0.15) is 12.3 Å². The third-order valence-electron chi connectivity index (χ3n) is 5.39. The summed E-state index contributed by atoms with van der Waals surface area (Å²) in [7, 11) is 1.60. The van der Waals surface area contributed by atoms with Crippen LogP contribution in [-0.4, -0.2) is 41.3 Å². The van der Waals surface area contributed by atoms with Gasteiger partial charge in [-0.2, -0.15) is 0 Å². The molecule has 160 valence electrons. The zero-order valence-corrected chi connectivity index (χ0v) is 18.4. The molecule has 2 aromatic carbocycles. The van der Waals surface area contributed by atoms with E-state index in [-0.39, 0.29) is 24.4 Å². The second-order valence-corrected chi connectivity index (χ2v) is 8.74. The Morgan fingerprint density at radius 1 is 0.968 bits per heavy atom. The smallest absolute Gasteiger partial charge is 0.254 e. The maximum atomic E-state index is 13.4. The highest BCUT2D eigenvalue weighted by Gasteiger charge is 2.35. The summed E-state index contributed by atoms with van der Waals surface area (Å²) in [6, 6.07) is 21.2. The fourth-order valence-electron chi connectivity index (χ4n) is 3.52. The molecule has 0 aliphatic heterocycles. The van der Waals surface area contributed by atoms with E-state index >= 15 is 0 Å². The van der Waals surface area contributed by atoms with E-state index in [1.54, 1.807) is 47.6 Å². The Morgan fingerprint density at radius 3 is 2.32 bits per heavy atom. The van der Waals surface area contributed by atoms with Gasteiger partial charge in [0.15, 0.2) is 0 Å². The molecule has 3 aromatic rings. The molecule has 1 fully saturated rings. The summed E-state index contributed by atoms with van der Waals surface area (Å²) in [5.41, 5.74) is 1.65. The molecule has 0 bridgehead atoms. The van der Waals surface area contributed by atoms with Crippen LogP contribution in [0.3, 0.4) is 0 Å². The van der Waals surface area contributed by atoms with Crippen LogP contribution in [0.2, 0.25) is 0 Å². The number of thiophene rings is 1. The number of nitrogens with zero attached hydrogens (tertiary/aromatic N) is 2. The van der Waals surface area contributed by atoms with E-state index in [0.717, 1.165) is 23.3 Å². The molecule has 2 amide bonds. The molecule has 1 aromatic heterocycles. The standard InChI is InChI=1S/C25H26N2O3S/c1-30-22-13-9-20(10-14-22)25(29)27(21-11-12-21)18-24(28)26(17-23-8-5-15-31-23)16-19-6-3-2-4-7-19/h2-10,13-15,21H,11-12,16-18H2,1H3. The van der Waals surface area contributed by atoms with Crippen molar-refractivity contribution in [1.82, 2.24) is 9.80 Å². The lowest BCUT2D eigenvalue weighted by Gasteiger charge is -2.28. The van der Waals surface area contributed by atoms with Crippen molar-refractivity contribution in [2.24, 2.45) is 0 Å². The van der Waals surface area contributed by atoms with Gasteiger partial charge in [-0.15, -0.1) is 11.3 Å². The number of hydrogen-bond acceptors (Lipinski definition) is 4. The Bertz CT molecular complexity index is 999. The van der Waals surface area contributed by atoms with Crippen LogP contribution in [0.1, 0.15) is 33.6 Å². The van der Waals surface area contributed by atoms with Crippen LogP contribution >= 0.6 is 11.3 Å². The Kier molecular flexibility index (Phi) is 6.67. The van der Waals surface area contributed by atoms with Crippen molar-refractivity contribution in [3.05, 3.63) is 88.1 Å². The van der Waals surface area contributed by atoms with E-state index in [2.05, 4.69) is 0 Å². The topological polar surface area (TPSA) is 49.9 Å². The lowest BCUT2D eigenvalue weighted by Crippen LogP contribution is -2.43. The predicted molar refractivity (Wildman–Crippen MR) is 122 cm³/mol. The van der Waals surface area contributed by atoms with Crippen LogP contribution in [0.4, 0.5) is 0 Å². The Morgan fingerprint density at radius 2 is 1.71 bits per heavy atom. The predicted octanol–water partition coefficient (Wildman–Crippen LogP) is 4.59. The maximum absolute atomic E-state index is 13.4. The summed E-state index contributed by atoms with van der Waals surface area (Å²) in [6.07, 6.45) is 1.89. The maximum Gasteiger partial charge on any atom is 0.254 e. The molecule has 1 heterocycles. The quantitative estimate of drug-likeness (QED) is 0.495. The molecular weight excluding hydrogens is 408 g/mol. The normalized spacial score (nSPS) is 12.9. The Labute approximate surface area is 186 Å². The molecule has 6 heteroatoms. The van der Waals surface area contributed by atoms with E-state index in [1.807, 2.05) is 52.7 Å². The van der Waals surface area contributed by atoms with Crippen LogP contribution in [0, 0.1) is 0 Å². The first-order valence-corrected chi connectivity index (χ1v) is 11.3. The fourth-order valence-corrected chi connectivity index (χ4v) is 4.24.